The standard InChI is InChI=1S/C22H23N5O3/c1-25-9-8-23-20(25)16-6-7-18-15-10-14(12-27(18)21(16)28)11-26(13-15)22(29)17-4-3-5-19(24-17)30-2/h3-9,14-15H,10-13H2,1-2H3/t14-,15+/m0/s1. The van der Waals surface area contributed by atoms with E-state index >= 15 is 0 Å². The molecule has 0 spiro atoms. The third-order valence-electron chi connectivity index (χ3n) is 6.11. The summed E-state index contributed by atoms with van der Waals surface area (Å²) in [7, 11) is 3.42. The van der Waals surface area contributed by atoms with Crippen LogP contribution >= 0.6 is 0 Å². The summed E-state index contributed by atoms with van der Waals surface area (Å²) in [6.07, 6.45) is 4.52. The van der Waals surface area contributed by atoms with E-state index in [-0.39, 0.29) is 23.3 Å². The largest absolute Gasteiger partial charge is 0.481 e. The molecule has 5 rings (SSSR count). The molecule has 0 aromatic carbocycles. The summed E-state index contributed by atoms with van der Waals surface area (Å²) in [6, 6.07) is 9.10. The highest BCUT2D eigenvalue weighted by molar-refractivity contribution is 5.92. The van der Waals surface area contributed by atoms with Gasteiger partial charge in [0.1, 0.15) is 11.5 Å². The van der Waals surface area contributed by atoms with E-state index in [0.717, 1.165) is 12.1 Å². The van der Waals surface area contributed by atoms with Gasteiger partial charge in [-0.1, -0.05) is 6.07 Å². The maximum atomic E-state index is 13.2. The van der Waals surface area contributed by atoms with Crippen molar-refractivity contribution in [3.8, 4) is 17.3 Å². The molecular weight excluding hydrogens is 382 g/mol. The van der Waals surface area contributed by atoms with Crippen molar-refractivity contribution in [1.82, 2.24) is 24.0 Å². The fourth-order valence-corrected chi connectivity index (χ4v) is 4.72. The van der Waals surface area contributed by atoms with E-state index in [4.69, 9.17) is 4.74 Å². The molecule has 154 valence electrons. The van der Waals surface area contributed by atoms with Gasteiger partial charge in [0, 0.05) is 56.8 Å². The fourth-order valence-electron chi connectivity index (χ4n) is 4.72. The third-order valence-corrected chi connectivity index (χ3v) is 6.11. The molecule has 2 bridgehead atoms. The van der Waals surface area contributed by atoms with Crippen LogP contribution in [-0.2, 0) is 13.6 Å². The number of methoxy groups -OCH3 is 1. The molecule has 3 aromatic rings. The van der Waals surface area contributed by atoms with Gasteiger partial charge in [-0.3, -0.25) is 9.59 Å². The van der Waals surface area contributed by atoms with Crippen molar-refractivity contribution in [2.45, 2.75) is 18.9 Å². The Morgan fingerprint density at radius 2 is 2.03 bits per heavy atom. The molecule has 1 fully saturated rings. The number of rotatable bonds is 3. The molecule has 0 unspecified atom stereocenters. The minimum atomic E-state index is -0.0935. The summed E-state index contributed by atoms with van der Waals surface area (Å²) in [6.45, 7) is 1.81. The van der Waals surface area contributed by atoms with Gasteiger partial charge in [0.15, 0.2) is 0 Å². The average Bonchev–Trinajstić information content (AvgIpc) is 3.19. The zero-order valence-electron chi connectivity index (χ0n) is 17.0. The first-order valence-corrected chi connectivity index (χ1v) is 10.1. The highest BCUT2D eigenvalue weighted by Gasteiger charge is 2.37. The molecule has 2 aliphatic heterocycles. The zero-order chi connectivity index (χ0) is 20.8. The number of amides is 1. The number of nitrogens with zero attached hydrogens (tertiary/aromatic N) is 5. The summed E-state index contributed by atoms with van der Waals surface area (Å²) in [5, 5.41) is 0. The number of carbonyl (C=O) groups is 1. The van der Waals surface area contributed by atoms with Crippen LogP contribution in [0.2, 0.25) is 0 Å². The van der Waals surface area contributed by atoms with Crippen LogP contribution in [0.15, 0.2) is 47.5 Å². The number of hydrogen-bond acceptors (Lipinski definition) is 5. The number of likely N-dealkylation sites (tertiary alicyclic amines) is 1. The van der Waals surface area contributed by atoms with Crippen LogP contribution < -0.4 is 10.3 Å². The Balaban J connectivity index is 1.45. The molecular formula is C22H23N5O3. The maximum Gasteiger partial charge on any atom is 0.272 e. The second-order valence-corrected chi connectivity index (χ2v) is 8.02. The lowest BCUT2D eigenvalue weighted by atomic mass is 9.82. The van der Waals surface area contributed by atoms with Gasteiger partial charge in [-0.05, 0) is 30.5 Å². The number of hydrogen-bond donors (Lipinski definition) is 0. The second-order valence-electron chi connectivity index (χ2n) is 8.02. The summed E-state index contributed by atoms with van der Waals surface area (Å²) in [4.78, 5) is 36.7. The summed E-state index contributed by atoms with van der Waals surface area (Å²) < 4.78 is 8.89. The molecule has 30 heavy (non-hydrogen) atoms. The molecule has 5 heterocycles. The Morgan fingerprint density at radius 1 is 1.17 bits per heavy atom. The number of ether oxygens (including phenoxy) is 1. The summed E-state index contributed by atoms with van der Waals surface area (Å²) in [5.41, 5.74) is 1.98. The van der Waals surface area contributed by atoms with Gasteiger partial charge >= 0.3 is 0 Å². The van der Waals surface area contributed by atoms with E-state index in [0.29, 0.717) is 42.6 Å². The Kier molecular flexibility index (Phi) is 4.42. The predicted octanol–water partition coefficient (Wildman–Crippen LogP) is 1.91. The quantitative estimate of drug-likeness (QED) is 0.665. The van der Waals surface area contributed by atoms with Crippen LogP contribution in [0.4, 0.5) is 0 Å². The van der Waals surface area contributed by atoms with Crippen molar-refractivity contribution in [1.29, 1.82) is 0 Å². The van der Waals surface area contributed by atoms with Gasteiger partial charge < -0.3 is 18.8 Å². The first kappa shape index (κ1) is 18.6. The number of carbonyl (C=O) groups excluding carboxylic acids is 1. The molecule has 0 aliphatic carbocycles. The van der Waals surface area contributed by atoms with Crippen molar-refractivity contribution in [3.05, 3.63) is 64.5 Å². The molecule has 2 atom stereocenters. The molecule has 8 nitrogen and oxygen atoms in total. The van der Waals surface area contributed by atoms with Crippen molar-refractivity contribution in [3.63, 3.8) is 0 Å². The Bertz CT molecular complexity index is 1180. The van der Waals surface area contributed by atoms with Crippen molar-refractivity contribution in [2.24, 2.45) is 13.0 Å². The first-order valence-electron chi connectivity index (χ1n) is 10.1. The molecule has 0 radical (unpaired) electrons. The number of imidazole rings is 1. The number of pyridine rings is 2. The average molecular weight is 405 g/mol. The molecule has 0 saturated carbocycles. The minimum absolute atomic E-state index is 0.00858. The van der Waals surface area contributed by atoms with E-state index in [1.54, 1.807) is 24.4 Å². The van der Waals surface area contributed by atoms with Crippen molar-refractivity contribution >= 4 is 5.91 Å². The number of piperidine rings is 1. The second kappa shape index (κ2) is 7.12. The SMILES string of the molecule is COc1cccc(C(=O)N2C[C@@H]3C[C@H](C2)c2ccc(-c4nccn4C)c(=O)n2C3)n1. The van der Waals surface area contributed by atoms with Crippen molar-refractivity contribution in [2.75, 3.05) is 20.2 Å². The maximum absolute atomic E-state index is 13.2. The topological polar surface area (TPSA) is 82.3 Å². The lowest BCUT2D eigenvalue weighted by Crippen LogP contribution is -2.49. The molecule has 8 heteroatoms. The minimum Gasteiger partial charge on any atom is -0.481 e. The number of aromatic nitrogens is 4. The van der Waals surface area contributed by atoms with Crippen molar-refractivity contribution < 1.29 is 9.53 Å². The van der Waals surface area contributed by atoms with Crippen LogP contribution in [0.1, 0.15) is 28.5 Å². The molecule has 0 N–H and O–H groups in total. The van der Waals surface area contributed by atoms with E-state index in [9.17, 15) is 9.59 Å². The van der Waals surface area contributed by atoms with E-state index in [2.05, 4.69) is 9.97 Å². The zero-order valence-corrected chi connectivity index (χ0v) is 17.0. The number of aryl methyl sites for hydroxylation is 1. The smallest absolute Gasteiger partial charge is 0.272 e. The highest BCUT2D eigenvalue weighted by atomic mass is 16.5. The molecule has 2 aliphatic rings. The fraction of sp³-hybridized carbons (Fsp3) is 0.364. The Hall–Kier alpha value is -3.42. The van der Waals surface area contributed by atoms with Gasteiger partial charge in [0.2, 0.25) is 5.88 Å². The summed E-state index contributed by atoms with van der Waals surface area (Å²) >= 11 is 0. The molecule has 1 amide bonds. The van der Waals surface area contributed by atoms with Gasteiger partial charge in [0.05, 0.1) is 12.7 Å². The molecule has 1 saturated heterocycles. The third kappa shape index (κ3) is 2.99. The lowest BCUT2D eigenvalue weighted by molar-refractivity contribution is 0.0588. The number of fused-ring (bicyclic) bond motifs is 4. The van der Waals surface area contributed by atoms with Crippen LogP contribution in [0.25, 0.3) is 11.4 Å². The van der Waals surface area contributed by atoms with E-state index in [1.807, 2.05) is 39.4 Å². The van der Waals surface area contributed by atoms with Crippen LogP contribution in [0, 0.1) is 5.92 Å². The van der Waals surface area contributed by atoms with E-state index < -0.39 is 0 Å². The lowest BCUT2D eigenvalue weighted by Gasteiger charge is -2.42. The first-order chi connectivity index (χ1) is 14.5. The highest BCUT2D eigenvalue weighted by Crippen LogP contribution is 2.36. The monoisotopic (exact) mass is 405 g/mol. The Morgan fingerprint density at radius 3 is 2.80 bits per heavy atom. The summed E-state index contributed by atoms with van der Waals surface area (Å²) in [5.74, 6) is 1.38. The van der Waals surface area contributed by atoms with Crippen LogP contribution in [0.5, 0.6) is 5.88 Å². The van der Waals surface area contributed by atoms with Crippen LogP contribution in [-0.4, -0.2) is 50.1 Å². The Labute approximate surface area is 173 Å². The van der Waals surface area contributed by atoms with Gasteiger partial charge in [-0.2, -0.15) is 0 Å². The van der Waals surface area contributed by atoms with Gasteiger partial charge in [-0.25, -0.2) is 9.97 Å². The van der Waals surface area contributed by atoms with Gasteiger partial charge in [-0.15, -0.1) is 0 Å². The predicted molar refractivity (Wildman–Crippen MR) is 110 cm³/mol. The normalized spacial score (nSPS) is 20.0. The molecule has 3 aromatic heterocycles. The van der Waals surface area contributed by atoms with E-state index in [1.165, 1.54) is 7.11 Å². The van der Waals surface area contributed by atoms with Crippen LogP contribution in [0.3, 0.4) is 0 Å². The van der Waals surface area contributed by atoms with Gasteiger partial charge in [0.25, 0.3) is 11.5 Å².